The van der Waals surface area contributed by atoms with Crippen LogP contribution in [0.5, 0.6) is 23.0 Å². The third kappa shape index (κ3) is 6.73. The maximum atomic E-state index is 6.40. The van der Waals surface area contributed by atoms with Gasteiger partial charge in [0.1, 0.15) is 0 Å². The van der Waals surface area contributed by atoms with Crippen molar-refractivity contribution in [1.29, 1.82) is 0 Å². The van der Waals surface area contributed by atoms with Crippen molar-refractivity contribution in [3.8, 4) is 51.5 Å². The second-order valence-corrected chi connectivity index (χ2v) is 13.0. The Labute approximate surface area is 341 Å². The maximum absolute atomic E-state index is 6.40. The molecule has 8 nitrogen and oxygen atoms in total. The van der Waals surface area contributed by atoms with Gasteiger partial charge in [-0.3, -0.25) is 0 Å². The molecule has 0 radical (unpaired) electrons. The van der Waals surface area contributed by atoms with Crippen LogP contribution in [0.3, 0.4) is 0 Å². The SMILES string of the molecule is [Pd+2].[Pt+2].[c-]1c(Oc2[c-]c3c(cc2)c2ccc(Oc4[c-]c(-c5ccccn5)ccc4)[c-]c2n3-c2nc3c4c(n2)CCCN4CCC3)cccc1-c1ccccn1. The Morgan fingerprint density at radius 1 is 0.537 bits per heavy atom. The van der Waals surface area contributed by atoms with Crippen molar-refractivity contribution >= 4 is 27.5 Å². The predicted molar refractivity (Wildman–Crippen MR) is 200 cm³/mol. The Morgan fingerprint density at radius 2 is 1.04 bits per heavy atom. The van der Waals surface area contributed by atoms with Crippen molar-refractivity contribution in [3.05, 3.63) is 145 Å². The predicted octanol–water partition coefficient (Wildman–Crippen LogP) is 9.18. The summed E-state index contributed by atoms with van der Waals surface area (Å²) in [5.41, 5.74) is 8.36. The van der Waals surface area contributed by atoms with E-state index in [0.29, 0.717) is 28.9 Å². The summed E-state index contributed by atoms with van der Waals surface area (Å²) in [6.07, 6.45) is 7.55. The van der Waals surface area contributed by atoms with Gasteiger partial charge in [0, 0.05) is 48.5 Å². The second-order valence-electron chi connectivity index (χ2n) is 13.0. The number of ether oxygens (including phenoxy) is 2. The molecule has 0 aliphatic carbocycles. The number of aryl methyl sites for hydroxylation is 2. The van der Waals surface area contributed by atoms with Gasteiger partial charge in [-0.1, -0.05) is 47.4 Å². The molecule has 0 amide bonds. The normalized spacial score (nSPS) is 13.1. The number of benzene rings is 4. The van der Waals surface area contributed by atoms with Crippen molar-refractivity contribution in [1.82, 2.24) is 24.5 Å². The molecule has 54 heavy (non-hydrogen) atoms. The summed E-state index contributed by atoms with van der Waals surface area (Å²) in [6, 6.07) is 45.1. The van der Waals surface area contributed by atoms with E-state index in [1.165, 1.54) is 5.69 Å². The van der Waals surface area contributed by atoms with Crippen LogP contribution in [0.1, 0.15) is 24.2 Å². The summed E-state index contributed by atoms with van der Waals surface area (Å²) in [7, 11) is 0. The van der Waals surface area contributed by atoms with Gasteiger partial charge in [0.2, 0.25) is 5.95 Å². The van der Waals surface area contributed by atoms with Crippen LogP contribution < -0.4 is 14.4 Å². The van der Waals surface area contributed by atoms with E-state index in [9.17, 15) is 0 Å². The smallest absolute Gasteiger partial charge is 0.503 e. The topological polar surface area (TPSA) is 78.2 Å². The average Bonchev–Trinajstić information content (AvgIpc) is 3.52. The number of rotatable bonds is 7. The molecule has 0 saturated carbocycles. The zero-order chi connectivity index (χ0) is 34.4. The molecular weight excluding hydrogens is 946 g/mol. The monoisotopic (exact) mass is 975 g/mol. The Hall–Kier alpha value is -5.19. The van der Waals surface area contributed by atoms with Crippen LogP contribution in [0.2, 0.25) is 0 Å². The molecule has 0 atom stereocenters. The molecule has 10 rings (SSSR count). The molecule has 0 bridgehead atoms. The van der Waals surface area contributed by atoms with E-state index >= 15 is 0 Å². The van der Waals surface area contributed by atoms with Gasteiger partial charge < -0.3 is 28.9 Å². The summed E-state index contributed by atoms with van der Waals surface area (Å²) in [4.78, 5) is 21.9. The molecule has 268 valence electrons. The molecule has 4 aromatic heterocycles. The first-order valence-electron chi connectivity index (χ1n) is 17.5. The summed E-state index contributed by atoms with van der Waals surface area (Å²) >= 11 is 0. The minimum atomic E-state index is 0. The number of pyridine rings is 2. The number of fused-ring (bicyclic) bond motifs is 3. The van der Waals surface area contributed by atoms with Crippen molar-refractivity contribution in [2.24, 2.45) is 0 Å². The van der Waals surface area contributed by atoms with Gasteiger partial charge in [-0.15, -0.1) is 71.8 Å². The summed E-state index contributed by atoms with van der Waals surface area (Å²) < 4.78 is 14.9. The van der Waals surface area contributed by atoms with Gasteiger partial charge in [0.05, 0.1) is 17.1 Å². The summed E-state index contributed by atoms with van der Waals surface area (Å²) in [5, 5.41) is 1.97. The minimum absolute atomic E-state index is 0. The van der Waals surface area contributed by atoms with E-state index in [1.807, 2.05) is 84.9 Å². The van der Waals surface area contributed by atoms with E-state index in [2.05, 4.69) is 55.8 Å². The van der Waals surface area contributed by atoms with E-state index < -0.39 is 0 Å². The number of hydrogen-bond donors (Lipinski definition) is 0. The van der Waals surface area contributed by atoms with E-state index in [1.54, 1.807) is 12.4 Å². The molecule has 4 aromatic carbocycles. The molecule has 6 heterocycles. The summed E-state index contributed by atoms with van der Waals surface area (Å²) in [5.74, 6) is 2.85. The van der Waals surface area contributed by atoms with Crippen LogP contribution in [0.25, 0.3) is 50.3 Å². The third-order valence-electron chi connectivity index (χ3n) is 9.61. The fourth-order valence-electron chi connectivity index (χ4n) is 7.30. The fourth-order valence-corrected chi connectivity index (χ4v) is 7.30. The Bertz CT molecular complexity index is 2440. The Kier molecular flexibility index (Phi) is 10.1. The molecule has 10 heteroatoms. The van der Waals surface area contributed by atoms with Crippen molar-refractivity contribution in [2.75, 3.05) is 18.0 Å². The maximum Gasteiger partial charge on any atom is 2.00 e. The van der Waals surface area contributed by atoms with E-state index in [4.69, 9.17) is 19.4 Å². The Balaban J connectivity index is 0.00000207. The number of anilines is 1. The Morgan fingerprint density at radius 3 is 1.52 bits per heavy atom. The van der Waals surface area contributed by atoms with Crippen LogP contribution >= 0.6 is 0 Å². The summed E-state index contributed by atoms with van der Waals surface area (Å²) in [6.45, 7) is 2.11. The zero-order valence-corrected chi connectivity index (χ0v) is 32.6. The number of aromatic nitrogens is 5. The van der Waals surface area contributed by atoms with E-state index in [0.717, 1.165) is 94.5 Å². The average molecular weight is 976 g/mol. The molecule has 0 saturated heterocycles. The van der Waals surface area contributed by atoms with Crippen molar-refractivity contribution in [2.45, 2.75) is 25.7 Å². The first-order chi connectivity index (χ1) is 25.7. The number of hydrogen-bond acceptors (Lipinski definition) is 7. The fraction of sp³-hybridized carbons (Fsp3) is 0.136. The largest absolute Gasteiger partial charge is 2.00 e. The first kappa shape index (κ1) is 35.8. The molecular formula is C44H30N6O2PdPt. The van der Waals surface area contributed by atoms with Gasteiger partial charge in [-0.2, -0.15) is 22.9 Å². The van der Waals surface area contributed by atoms with Crippen LogP contribution in [0.15, 0.2) is 109 Å². The van der Waals surface area contributed by atoms with Crippen molar-refractivity contribution in [3.63, 3.8) is 0 Å². The van der Waals surface area contributed by atoms with Crippen molar-refractivity contribution < 1.29 is 51.0 Å². The van der Waals surface area contributed by atoms with E-state index in [-0.39, 0.29) is 41.5 Å². The number of nitrogens with zero attached hydrogens (tertiary/aromatic N) is 6. The van der Waals surface area contributed by atoms with Crippen LogP contribution in [-0.4, -0.2) is 37.6 Å². The second kappa shape index (κ2) is 15.3. The quantitative estimate of drug-likeness (QED) is 0.117. The van der Waals surface area contributed by atoms with Gasteiger partial charge in [-0.25, -0.2) is 9.97 Å². The van der Waals surface area contributed by atoms with Gasteiger partial charge in [0.25, 0.3) is 0 Å². The molecule has 2 aliphatic rings. The molecule has 0 unspecified atom stereocenters. The van der Waals surface area contributed by atoms with Gasteiger partial charge >= 0.3 is 41.5 Å². The standard InChI is InChI=1S/C44H30N6O2.Pd.Pt/c1-3-21-45-37(13-1)29-9-5-11-31(25-29)51-33-17-19-35-36-20-18-34(52-32-12-6-10-30(26-32)38-14-2-4-22-46-38)28-42(36)50(41(35)27-33)44-47-39-15-7-23-49-24-8-16-40(48-44)43(39)49;;/h1-6,9-14,17-22H,7-8,15-16,23-24H2;;/q-4;2*+2. The molecule has 8 aromatic rings. The van der Waals surface area contributed by atoms with Crippen LogP contribution in [0, 0.1) is 24.3 Å². The molecule has 2 aliphatic heterocycles. The first-order valence-corrected chi connectivity index (χ1v) is 17.5. The zero-order valence-electron chi connectivity index (χ0n) is 28.8. The van der Waals surface area contributed by atoms with Crippen LogP contribution in [-0.2, 0) is 54.3 Å². The molecule has 0 spiro atoms. The minimum Gasteiger partial charge on any atom is -0.503 e. The van der Waals surface area contributed by atoms with Crippen LogP contribution in [0.4, 0.5) is 5.69 Å². The molecule has 0 N–H and O–H groups in total. The van der Waals surface area contributed by atoms with Gasteiger partial charge in [0.15, 0.2) is 0 Å². The van der Waals surface area contributed by atoms with Gasteiger partial charge in [-0.05, 0) is 49.2 Å². The third-order valence-corrected chi connectivity index (χ3v) is 9.61. The molecule has 0 fully saturated rings.